The minimum atomic E-state index is 0.367. The van der Waals surface area contributed by atoms with Crippen molar-refractivity contribution in [3.63, 3.8) is 0 Å². The molecule has 0 nitrogen and oxygen atoms in total. The molecule has 0 heterocycles. The van der Waals surface area contributed by atoms with Crippen LogP contribution in [0.5, 0.6) is 0 Å². The maximum atomic E-state index is 4.50. The minimum Gasteiger partial charge on any atom is -0.0990 e. The summed E-state index contributed by atoms with van der Waals surface area (Å²) in [6.07, 6.45) is 7.15. The van der Waals surface area contributed by atoms with Crippen LogP contribution in [0, 0.1) is 29.1 Å². The van der Waals surface area contributed by atoms with Crippen LogP contribution in [0.1, 0.15) is 59.8 Å². The van der Waals surface area contributed by atoms with Gasteiger partial charge >= 0.3 is 0 Å². The van der Waals surface area contributed by atoms with Crippen LogP contribution in [0.4, 0.5) is 0 Å². The molecule has 0 bridgehead atoms. The summed E-state index contributed by atoms with van der Waals surface area (Å²) in [5.41, 5.74) is 1.94. The molecule has 0 aromatic carbocycles. The fraction of sp³-hybridized carbons (Fsp3) is 0.875. The molecule has 2 aliphatic rings. The van der Waals surface area contributed by atoms with E-state index in [0.29, 0.717) is 5.41 Å². The van der Waals surface area contributed by atoms with Gasteiger partial charge in [0.1, 0.15) is 0 Å². The van der Waals surface area contributed by atoms with Crippen LogP contribution in [0.25, 0.3) is 0 Å². The molecular formula is C16H28. The molecule has 4 atom stereocenters. The normalized spacial score (nSPS) is 42.9. The van der Waals surface area contributed by atoms with Gasteiger partial charge in [-0.1, -0.05) is 52.7 Å². The van der Waals surface area contributed by atoms with Crippen molar-refractivity contribution in [3.8, 4) is 0 Å². The van der Waals surface area contributed by atoms with Crippen LogP contribution in [-0.4, -0.2) is 0 Å². The van der Waals surface area contributed by atoms with Gasteiger partial charge in [-0.3, -0.25) is 0 Å². The number of hydrogen-bond acceptors (Lipinski definition) is 0. The van der Waals surface area contributed by atoms with Gasteiger partial charge in [0.2, 0.25) is 0 Å². The average Bonchev–Trinajstić information content (AvgIpc) is 2.26. The van der Waals surface area contributed by atoms with E-state index in [0.717, 1.165) is 23.7 Å². The van der Waals surface area contributed by atoms with E-state index in [1.165, 1.54) is 32.1 Å². The first-order valence-corrected chi connectivity index (χ1v) is 7.17. The van der Waals surface area contributed by atoms with E-state index < -0.39 is 0 Å². The molecular weight excluding hydrogens is 192 g/mol. The summed E-state index contributed by atoms with van der Waals surface area (Å²) < 4.78 is 0. The quantitative estimate of drug-likeness (QED) is 0.542. The van der Waals surface area contributed by atoms with Gasteiger partial charge in [-0.05, 0) is 48.3 Å². The van der Waals surface area contributed by atoms with Crippen LogP contribution < -0.4 is 0 Å². The lowest BCUT2D eigenvalue weighted by Gasteiger charge is -2.52. The molecule has 2 rings (SSSR count). The van der Waals surface area contributed by atoms with Crippen molar-refractivity contribution in [2.45, 2.75) is 59.8 Å². The molecule has 16 heavy (non-hydrogen) atoms. The fourth-order valence-electron chi connectivity index (χ4n) is 4.17. The first kappa shape index (κ1) is 12.2. The Kier molecular flexibility index (Phi) is 3.20. The summed E-state index contributed by atoms with van der Waals surface area (Å²) in [5, 5.41) is 0. The highest BCUT2D eigenvalue weighted by Gasteiger charge is 2.46. The highest BCUT2D eigenvalue weighted by Crippen LogP contribution is 2.55. The molecule has 92 valence electrons. The second-order valence-corrected chi connectivity index (χ2v) is 6.77. The predicted molar refractivity (Wildman–Crippen MR) is 71.3 cm³/mol. The lowest BCUT2D eigenvalue weighted by molar-refractivity contribution is 0.0613. The summed E-state index contributed by atoms with van der Waals surface area (Å²) in [4.78, 5) is 0. The second-order valence-electron chi connectivity index (χ2n) is 6.77. The van der Waals surface area contributed by atoms with Gasteiger partial charge in [0.05, 0.1) is 0 Å². The molecule has 0 radical (unpaired) electrons. The van der Waals surface area contributed by atoms with E-state index >= 15 is 0 Å². The Morgan fingerprint density at radius 1 is 1.31 bits per heavy atom. The molecule has 0 aliphatic heterocycles. The second kappa shape index (κ2) is 4.20. The molecule has 2 fully saturated rings. The Morgan fingerprint density at radius 2 is 2.00 bits per heavy atom. The molecule has 0 aromatic heterocycles. The Balaban J connectivity index is 2.26. The van der Waals surface area contributed by atoms with Crippen LogP contribution >= 0.6 is 0 Å². The summed E-state index contributed by atoms with van der Waals surface area (Å²) in [6, 6.07) is 0. The van der Waals surface area contributed by atoms with E-state index in [1.54, 1.807) is 5.57 Å². The van der Waals surface area contributed by atoms with Gasteiger partial charge < -0.3 is 0 Å². The molecule has 0 spiro atoms. The van der Waals surface area contributed by atoms with Gasteiger partial charge in [0.15, 0.2) is 0 Å². The van der Waals surface area contributed by atoms with Crippen LogP contribution in [0.3, 0.4) is 0 Å². The first-order valence-electron chi connectivity index (χ1n) is 7.17. The Hall–Kier alpha value is -0.260. The fourth-order valence-corrected chi connectivity index (χ4v) is 4.17. The van der Waals surface area contributed by atoms with E-state index in [1.807, 2.05) is 0 Å². The van der Waals surface area contributed by atoms with Crippen molar-refractivity contribution >= 4 is 0 Å². The van der Waals surface area contributed by atoms with Crippen LogP contribution in [0.15, 0.2) is 12.2 Å². The molecule has 2 saturated carbocycles. The lowest BCUT2D eigenvalue weighted by Crippen LogP contribution is -2.43. The third kappa shape index (κ3) is 1.75. The number of allylic oxidation sites excluding steroid dienone is 1. The highest BCUT2D eigenvalue weighted by atomic mass is 14.5. The van der Waals surface area contributed by atoms with Crippen molar-refractivity contribution in [2.75, 3.05) is 0 Å². The molecule has 0 aromatic rings. The first-order chi connectivity index (χ1) is 7.48. The minimum absolute atomic E-state index is 0.367. The van der Waals surface area contributed by atoms with Gasteiger partial charge in [-0.25, -0.2) is 0 Å². The predicted octanol–water partition coefficient (Wildman–Crippen LogP) is 5.05. The van der Waals surface area contributed by atoms with E-state index in [2.05, 4.69) is 34.3 Å². The number of rotatable bonds is 1. The summed E-state index contributed by atoms with van der Waals surface area (Å²) >= 11 is 0. The van der Waals surface area contributed by atoms with Gasteiger partial charge in [-0.15, -0.1) is 0 Å². The Labute approximate surface area is 102 Å². The molecule has 0 N–H and O–H groups in total. The zero-order valence-electron chi connectivity index (χ0n) is 11.6. The SMILES string of the molecule is C=C1C2C(CC)CCCC2CC(C)C1(C)C. The van der Waals surface area contributed by atoms with E-state index in [9.17, 15) is 0 Å². The summed E-state index contributed by atoms with van der Waals surface area (Å²) in [6.45, 7) is 14.1. The molecule has 0 amide bonds. The van der Waals surface area contributed by atoms with E-state index in [4.69, 9.17) is 0 Å². The molecule has 4 unspecified atom stereocenters. The monoisotopic (exact) mass is 220 g/mol. The van der Waals surface area contributed by atoms with Crippen molar-refractivity contribution in [3.05, 3.63) is 12.2 Å². The van der Waals surface area contributed by atoms with Gasteiger partial charge in [-0.2, -0.15) is 0 Å². The zero-order valence-corrected chi connectivity index (χ0v) is 11.6. The van der Waals surface area contributed by atoms with Crippen LogP contribution in [-0.2, 0) is 0 Å². The number of hydrogen-bond donors (Lipinski definition) is 0. The van der Waals surface area contributed by atoms with Crippen molar-refractivity contribution in [1.82, 2.24) is 0 Å². The average molecular weight is 220 g/mol. The number of fused-ring (bicyclic) bond motifs is 1. The maximum Gasteiger partial charge on any atom is -0.0119 e. The topological polar surface area (TPSA) is 0 Å². The molecule has 0 saturated heterocycles. The van der Waals surface area contributed by atoms with Gasteiger partial charge in [0.25, 0.3) is 0 Å². The Bertz CT molecular complexity index is 274. The zero-order chi connectivity index (χ0) is 11.9. The van der Waals surface area contributed by atoms with Gasteiger partial charge in [0, 0.05) is 0 Å². The summed E-state index contributed by atoms with van der Waals surface area (Å²) in [5.74, 6) is 3.54. The van der Waals surface area contributed by atoms with Crippen molar-refractivity contribution < 1.29 is 0 Å². The standard InChI is InChI=1S/C16H28/c1-6-13-8-7-9-14-10-11(2)16(4,5)12(3)15(13)14/h11,13-15H,3,6-10H2,1-2,4-5H3. The maximum absolute atomic E-state index is 4.50. The van der Waals surface area contributed by atoms with Crippen molar-refractivity contribution in [1.29, 1.82) is 0 Å². The van der Waals surface area contributed by atoms with E-state index in [-0.39, 0.29) is 0 Å². The molecule has 2 aliphatic carbocycles. The summed E-state index contributed by atoms with van der Waals surface area (Å²) in [7, 11) is 0. The van der Waals surface area contributed by atoms with Crippen LogP contribution in [0.2, 0.25) is 0 Å². The lowest BCUT2D eigenvalue weighted by atomic mass is 9.53. The Morgan fingerprint density at radius 3 is 2.62 bits per heavy atom. The third-order valence-corrected chi connectivity index (χ3v) is 5.81. The highest BCUT2D eigenvalue weighted by molar-refractivity contribution is 5.19. The smallest absolute Gasteiger partial charge is 0.0119 e. The largest absolute Gasteiger partial charge is 0.0990 e. The molecule has 0 heteroatoms. The van der Waals surface area contributed by atoms with Crippen molar-refractivity contribution in [2.24, 2.45) is 29.1 Å². The third-order valence-electron chi connectivity index (χ3n) is 5.81.